The Morgan fingerprint density at radius 3 is 2.76 bits per heavy atom. The van der Waals surface area contributed by atoms with Crippen molar-refractivity contribution in [2.75, 3.05) is 13.7 Å². The van der Waals surface area contributed by atoms with E-state index in [0.29, 0.717) is 12.3 Å². The van der Waals surface area contributed by atoms with Crippen molar-refractivity contribution in [1.29, 1.82) is 0 Å². The summed E-state index contributed by atoms with van der Waals surface area (Å²) in [6.45, 7) is 2.62. The fourth-order valence-corrected chi connectivity index (χ4v) is 3.31. The van der Waals surface area contributed by atoms with Gasteiger partial charge in [0.1, 0.15) is 5.75 Å². The average molecular weight is 337 g/mol. The van der Waals surface area contributed by atoms with Gasteiger partial charge in [0, 0.05) is 18.4 Å². The second-order valence-electron chi connectivity index (χ2n) is 6.16. The molecule has 1 aliphatic rings. The predicted molar refractivity (Wildman–Crippen MR) is 91.5 cm³/mol. The van der Waals surface area contributed by atoms with Crippen LogP contribution in [-0.4, -0.2) is 44.0 Å². The van der Waals surface area contributed by atoms with Gasteiger partial charge >= 0.3 is 0 Å². The molecule has 1 amide bonds. The van der Waals surface area contributed by atoms with E-state index in [0.717, 1.165) is 29.8 Å². The number of fused-ring (bicyclic) bond motifs is 1. The summed E-state index contributed by atoms with van der Waals surface area (Å²) in [6.07, 6.45) is 3.57. The largest absolute Gasteiger partial charge is 0.497 e. The van der Waals surface area contributed by atoms with Crippen LogP contribution in [0.2, 0.25) is 0 Å². The van der Waals surface area contributed by atoms with Gasteiger partial charge in [-0.25, -0.2) is 9.50 Å². The van der Waals surface area contributed by atoms with Crippen LogP contribution in [0.3, 0.4) is 0 Å². The normalized spacial score (nSPS) is 17.2. The molecule has 4 rings (SSSR count). The zero-order valence-electron chi connectivity index (χ0n) is 14.2. The predicted octanol–water partition coefficient (Wildman–Crippen LogP) is 2.42. The van der Waals surface area contributed by atoms with Gasteiger partial charge in [-0.3, -0.25) is 4.79 Å². The van der Waals surface area contributed by atoms with Crippen LogP contribution in [-0.2, 0) is 0 Å². The van der Waals surface area contributed by atoms with E-state index in [1.54, 1.807) is 17.8 Å². The first kappa shape index (κ1) is 15.6. The molecule has 0 spiro atoms. The van der Waals surface area contributed by atoms with Crippen molar-refractivity contribution in [2.24, 2.45) is 0 Å². The van der Waals surface area contributed by atoms with Gasteiger partial charge in [-0.1, -0.05) is 12.1 Å². The van der Waals surface area contributed by atoms with Crippen LogP contribution < -0.4 is 4.74 Å². The van der Waals surface area contributed by atoms with E-state index in [1.165, 1.54) is 0 Å². The number of aromatic nitrogens is 4. The van der Waals surface area contributed by atoms with E-state index in [9.17, 15) is 4.79 Å². The van der Waals surface area contributed by atoms with Gasteiger partial charge in [-0.05, 0) is 43.5 Å². The second kappa shape index (κ2) is 6.16. The first-order valence-electron chi connectivity index (χ1n) is 8.30. The number of carbonyl (C=O) groups excluding carboxylic acids is 1. The number of methoxy groups -OCH3 is 1. The summed E-state index contributed by atoms with van der Waals surface area (Å²) < 4.78 is 6.81. The Morgan fingerprint density at radius 1 is 1.24 bits per heavy atom. The molecule has 1 saturated heterocycles. The molecule has 128 valence electrons. The molecular formula is C18H19N5O2. The third kappa shape index (κ3) is 2.71. The molecule has 3 aromatic rings. The summed E-state index contributed by atoms with van der Waals surface area (Å²) >= 11 is 0. The molecule has 25 heavy (non-hydrogen) atoms. The first-order valence-corrected chi connectivity index (χ1v) is 8.30. The maximum absolute atomic E-state index is 13.0. The minimum atomic E-state index is -0.150. The van der Waals surface area contributed by atoms with E-state index in [1.807, 2.05) is 42.2 Å². The molecule has 1 aromatic carbocycles. The Bertz CT molecular complexity index is 919. The number of ether oxygens (including phenoxy) is 1. The first-order chi connectivity index (χ1) is 12.2. The van der Waals surface area contributed by atoms with Gasteiger partial charge in [0.15, 0.2) is 0 Å². The van der Waals surface area contributed by atoms with Crippen molar-refractivity contribution in [3.8, 4) is 5.75 Å². The number of amides is 1. The monoisotopic (exact) mass is 337 g/mol. The molecule has 0 N–H and O–H groups in total. The minimum absolute atomic E-state index is 0.0408. The fraction of sp³-hybridized carbons (Fsp3) is 0.333. The molecule has 0 saturated carbocycles. The molecular weight excluding hydrogens is 318 g/mol. The summed E-state index contributed by atoms with van der Waals surface area (Å²) in [7, 11) is 1.64. The lowest BCUT2D eigenvalue weighted by atomic mass is 10.0. The number of hydrogen-bond acceptors (Lipinski definition) is 5. The van der Waals surface area contributed by atoms with Crippen molar-refractivity contribution in [3.63, 3.8) is 0 Å². The average Bonchev–Trinajstić information content (AvgIpc) is 3.29. The zero-order valence-corrected chi connectivity index (χ0v) is 14.2. The Hall–Kier alpha value is -2.96. The quantitative estimate of drug-likeness (QED) is 0.734. The van der Waals surface area contributed by atoms with Crippen molar-refractivity contribution in [1.82, 2.24) is 24.5 Å². The maximum Gasteiger partial charge on any atom is 0.294 e. The van der Waals surface area contributed by atoms with E-state index in [2.05, 4.69) is 15.1 Å². The summed E-state index contributed by atoms with van der Waals surface area (Å²) in [5.41, 5.74) is 1.99. The minimum Gasteiger partial charge on any atom is -0.497 e. The standard InChI is InChI=1S/C18H19N5O2/c1-12-9-10-19-18-20-16(21-23(12)18)17(24)22-11-3-4-15(22)13-5-7-14(25-2)8-6-13/h5-10,15H,3-4,11H2,1-2H3. The van der Waals surface area contributed by atoms with Gasteiger partial charge in [-0.15, -0.1) is 5.10 Å². The molecule has 1 atom stereocenters. The van der Waals surface area contributed by atoms with Crippen molar-refractivity contribution < 1.29 is 9.53 Å². The molecule has 1 unspecified atom stereocenters. The molecule has 2 aromatic heterocycles. The highest BCUT2D eigenvalue weighted by Crippen LogP contribution is 2.33. The van der Waals surface area contributed by atoms with E-state index < -0.39 is 0 Å². The molecule has 7 nitrogen and oxygen atoms in total. The van der Waals surface area contributed by atoms with Gasteiger partial charge in [0.05, 0.1) is 13.2 Å². The highest BCUT2D eigenvalue weighted by molar-refractivity contribution is 5.91. The Morgan fingerprint density at radius 2 is 2.04 bits per heavy atom. The maximum atomic E-state index is 13.0. The third-order valence-electron chi connectivity index (χ3n) is 4.64. The van der Waals surface area contributed by atoms with Crippen LogP contribution in [0.4, 0.5) is 0 Å². The van der Waals surface area contributed by atoms with Gasteiger partial charge in [-0.2, -0.15) is 4.98 Å². The Balaban J connectivity index is 1.64. The van der Waals surface area contributed by atoms with E-state index in [4.69, 9.17) is 4.74 Å². The number of likely N-dealkylation sites (tertiary alicyclic amines) is 1. The Kier molecular flexibility index (Phi) is 3.83. The lowest BCUT2D eigenvalue weighted by molar-refractivity contribution is 0.0723. The molecule has 1 aliphatic heterocycles. The van der Waals surface area contributed by atoms with Crippen molar-refractivity contribution >= 4 is 11.7 Å². The lowest BCUT2D eigenvalue weighted by Gasteiger charge is -2.24. The summed E-state index contributed by atoms with van der Waals surface area (Å²) in [4.78, 5) is 23.3. The molecule has 0 bridgehead atoms. The highest BCUT2D eigenvalue weighted by atomic mass is 16.5. The topological polar surface area (TPSA) is 72.6 Å². The summed E-state index contributed by atoms with van der Waals surface area (Å²) in [6, 6.07) is 9.75. The van der Waals surface area contributed by atoms with Crippen LogP contribution in [0, 0.1) is 6.92 Å². The Labute approximate surface area is 145 Å². The molecule has 7 heteroatoms. The number of nitrogens with zero attached hydrogens (tertiary/aromatic N) is 5. The van der Waals surface area contributed by atoms with Crippen LogP contribution in [0.25, 0.3) is 5.78 Å². The molecule has 3 heterocycles. The van der Waals surface area contributed by atoms with E-state index in [-0.39, 0.29) is 17.8 Å². The number of carbonyl (C=O) groups is 1. The zero-order chi connectivity index (χ0) is 17.4. The van der Waals surface area contributed by atoms with Crippen molar-refractivity contribution in [3.05, 3.63) is 53.6 Å². The number of benzene rings is 1. The third-order valence-corrected chi connectivity index (χ3v) is 4.64. The summed E-state index contributed by atoms with van der Waals surface area (Å²) in [5, 5.41) is 4.34. The molecule has 0 radical (unpaired) electrons. The highest BCUT2D eigenvalue weighted by Gasteiger charge is 2.32. The second-order valence-corrected chi connectivity index (χ2v) is 6.16. The number of rotatable bonds is 3. The number of hydrogen-bond donors (Lipinski definition) is 0. The SMILES string of the molecule is COc1ccc(C2CCCN2C(=O)c2nc3nccc(C)n3n2)cc1. The molecule has 1 fully saturated rings. The fourth-order valence-electron chi connectivity index (χ4n) is 3.31. The van der Waals surface area contributed by atoms with Gasteiger partial charge in [0.25, 0.3) is 11.7 Å². The van der Waals surface area contributed by atoms with Gasteiger partial charge < -0.3 is 9.64 Å². The van der Waals surface area contributed by atoms with Crippen LogP contribution in [0.1, 0.15) is 40.8 Å². The van der Waals surface area contributed by atoms with Crippen LogP contribution in [0.15, 0.2) is 36.5 Å². The van der Waals surface area contributed by atoms with Crippen LogP contribution in [0.5, 0.6) is 5.75 Å². The van der Waals surface area contributed by atoms with Crippen molar-refractivity contribution in [2.45, 2.75) is 25.8 Å². The number of aryl methyl sites for hydroxylation is 1. The molecule has 0 aliphatic carbocycles. The van der Waals surface area contributed by atoms with Gasteiger partial charge in [0.2, 0.25) is 5.82 Å². The smallest absolute Gasteiger partial charge is 0.294 e. The lowest BCUT2D eigenvalue weighted by Crippen LogP contribution is -2.31. The van der Waals surface area contributed by atoms with Crippen LogP contribution >= 0.6 is 0 Å². The van der Waals surface area contributed by atoms with E-state index >= 15 is 0 Å². The summed E-state index contributed by atoms with van der Waals surface area (Å²) in [5.74, 6) is 1.30.